The van der Waals surface area contributed by atoms with Gasteiger partial charge in [0.25, 0.3) is 0 Å². The Kier molecular flexibility index (Phi) is 5.20. The van der Waals surface area contributed by atoms with E-state index in [4.69, 9.17) is 0 Å². The van der Waals surface area contributed by atoms with E-state index in [9.17, 15) is 8.78 Å². The van der Waals surface area contributed by atoms with Gasteiger partial charge in [0.1, 0.15) is 17.3 Å². The third-order valence-corrected chi connectivity index (χ3v) is 3.82. The van der Waals surface area contributed by atoms with E-state index in [1.54, 1.807) is 0 Å². The summed E-state index contributed by atoms with van der Waals surface area (Å²) in [6, 6.07) is 2.92. The Morgan fingerprint density at radius 1 is 1.00 bits per heavy atom. The van der Waals surface area contributed by atoms with Crippen molar-refractivity contribution in [1.29, 1.82) is 0 Å². The fourth-order valence-corrected chi connectivity index (χ4v) is 2.68. The van der Waals surface area contributed by atoms with Crippen molar-refractivity contribution in [1.82, 2.24) is 5.32 Å². The van der Waals surface area contributed by atoms with Crippen molar-refractivity contribution in [2.45, 2.75) is 58.5 Å². The van der Waals surface area contributed by atoms with Crippen LogP contribution in [0.1, 0.15) is 52.0 Å². The molecule has 1 aromatic carbocycles. The summed E-state index contributed by atoms with van der Waals surface area (Å²) in [5, 5.41) is 3.25. The quantitative estimate of drug-likeness (QED) is 0.898. The van der Waals surface area contributed by atoms with Gasteiger partial charge in [-0.25, -0.2) is 8.78 Å². The van der Waals surface area contributed by atoms with Crippen LogP contribution in [0.2, 0.25) is 0 Å². The largest absolute Gasteiger partial charge is 0.367 e. The molecule has 1 aromatic rings. The van der Waals surface area contributed by atoms with Gasteiger partial charge in [-0.1, -0.05) is 12.8 Å². The van der Waals surface area contributed by atoms with Crippen LogP contribution >= 0.6 is 0 Å². The summed E-state index contributed by atoms with van der Waals surface area (Å²) in [6.07, 6.45) is 4.30. The molecule has 0 unspecified atom stereocenters. The van der Waals surface area contributed by atoms with Gasteiger partial charge in [-0.05, 0) is 51.3 Å². The molecule has 118 valence electrons. The van der Waals surface area contributed by atoms with Gasteiger partial charge in [-0.3, -0.25) is 0 Å². The summed E-state index contributed by atoms with van der Waals surface area (Å²) < 4.78 is 28.7. The lowest BCUT2D eigenvalue weighted by atomic mass is 10.1. The molecule has 4 heteroatoms. The van der Waals surface area contributed by atoms with Gasteiger partial charge in [-0.15, -0.1) is 0 Å². The first-order valence-electron chi connectivity index (χ1n) is 7.85. The number of nitrogens with zero attached hydrogens (tertiary/aromatic N) is 1. The van der Waals surface area contributed by atoms with Gasteiger partial charge in [0.15, 0.2) is 0 Å². The molecule has 0 aliphatic carbocycles. The maximum absolute atomic E-state index is 14.3. The minimum Gasteiger partial charge on any atom is -0.367 e. The highest BCUT2D eigenvalue weighted by Gasteiger charge is 2.19. The first-order chi connectivity index (χ1) is 9.87. The molecule has 1 saturated heterocycles. The van der Waals surface area contributed by atoms with Crippen LogP contribution in [-0.2, 0) is 6.54 Å². The number of halogens is 2. The Labute approximate surface area is 126 Å². The molecule has 0 amide bonds. The summed E-state index contributed by atoms with van der Waals surface area (Å²) in [5.74, 6) is -0.884. The third kappa shape index (κ3) is 4.67. The van der Waals surface area contributed by atoms with Crippen molar-refractivity contribution >= 4 is 5.69 Å². The number of hydrogen-bond donors (Lipinski definition) is 1. The Hall–Kier alpha value is -1.16. The monoisotopic (exact) mass is 296 g/mol. The predicted molar refractivity (Wildman–Crippen MR) is 83.6 cm³/mol. The van der Waals surface area contributed by atoms with Crippen molar-refractivity contribution < 1.29 is 8.78 Å². The lowest BCUT2D eigenvalue weighted by Gasteiger charge is -2.25. The Balaban J connectivity index is 2.16. The minimum absolute atomic E-state index is 0.0730. The third-order valence-electron chi connectivity index (χ3n) is 3.82. The predicted octanol–water partition coefficient (Wildman–Crippen LogP) is 4.23. The second kappa shape index (κ2) is 6.73. The van der Waals surface area contributed by atoms with Gasteiger partial charge < -0.3 is 10.2 Å². The fourth-order valence-electron chi connectivity index (χ4n) is 2.68. The summed E-state index contributed by atoms with van der Waals surface area (Å²) in [5.41, 5.74) is 0.728. The Bertz CT molecular complexity index is 449. The highest BCUT2D eigenvalue weighted by Crippen LogP contribution is 2.27. The number of anilines is 1. The zero-order valence-electron chi connectivity index (χ0n) is 13.3. The summed E-state index contributed by atoms with van der Waals surface area (Å²) in [6.45, 7) is 8.06. The average molecular weight is 296 g/mol. The van der Waals surface area contributed by atoms with E-state index in [2.05, 4.69) is 5.32 Å². The summed E-state index contributed by atoms with van der Waals surface area (Å²) >= 11 is 0. The van der Waals surface area contributed by atoms with Crippen molar-refractivity contribution in [3.8, 4) is 0 Å². The maximum atomic E-state index is 14.3. The molecule has 1 fully saturated rings. The van der Waals surface area contributed by atoms with E-state index in [0.29, 0.717) is 12.1 Å². The molecule has 1 heterocycles. The summed E-state index contributed by atoms with van der Waals surface area (Å²) in [4.78, 5) is 1.86. The molecule has 0 radical (unpaired) electrons. The second-order valence-corrected chi connectivity index (χ2v) is 6.91. The van der Waals surface area contributed by atoms with Crippen LogP contribution in [0.3, 0.4) is 0 Å². The molecule has 0 atom stereocenters. The van der Waals surface area contributed by atoms with Crippen LogP contribution in [0.15, 0.2) is 12.1 Å². The SMILES string of the molecule is CC(C)(C)NCc1cc(F)c(N2CCCCCC2)c(F)c1. The smallest absolute Gasteiger partial charge is 0.149 e. The Morgan fingerprint density at radius 3 is 2.00 bits per heavy atom. The van der Waals surface area contributed by atoms with E-state index in [1.165, 1.54) is 12.1 Å². The van der Waals surface area contributed by atoms with Gasteiger partial charge in [-0.2, -0.15) is 0 Å². The van der Waals surface area contributed by atoms with Gasteiger partial charge in [0.2, 0.25) is 0 Å². The van der Waals surface area contributed by atoms with Crippen molar-refractivity contribution in [2.24, 2.45) is 0 Å². The van der Waals surface area contributed by atoms with Gasteiger partial charge in [0, 0.05) is 25.2 Å². The molecule has 2 nitrogen and oxygen atoms in total. The van der Waals surface area contributed by atoms with E-state index >= 15 is 0 Å². The van der Waals surface area contributed by atoms with E-state index in [-0.39, 0.29) is 11.2 Å². The first kappa shape index (κ1) is 16.2. The zero-order chi connectivity index (χ0) is 15.5. The van der Waals surface area contributed by atoms with E-state index < -0.39 is 11.6 Å². The highest BCUT2D eigenvalue weighted by molar-refractivity contribution is 5.50. The van der Waals surface area contributed by atoms with Crippen LogP contribution in [-0.4, -0.2) is 18.6 Å². The lowest BCUT2D eigenvalue weighted by molar-refractivity contribution is 0.422. The van der Waals surface area contributed by atoms with Crippen molar-refractivity contribution in [3.05, 3.63) is 29.3 Å². The second-order valence-electron chi connectivity index (χ2n) is 6.91. The lowest BCUT2D eigenvalue weighted by Crippen LogP contribution is -2.35. The van der Waals surface area contributed by atoms with Crippen molar-refractivity contribution in [3.63, 3.8) is 0 Å². The maximum Gasteiger partial charge on any atom is 0.149 e. The first-order valence-corrected chi connectivity index (χ1v) is 7.85. The Morgan fingerprint density at radius 2 is 1.52 bits per heavy atom. The van der Waals surface area contributed by atoms with Crippen molar-refractivity contribution in [2.75, 3.05) is 18.0 Å². The van der Waals surface area contributed by atoms with Crippen LogP contribution in [0, 0.1) is 11.6 Å². The molecule has 1 aliphatic rings. The van der Waals surface area contributed by atoms with E-state index in [0.717, 1.165) is 38.8 Å². The van der Waals surface area contributed by atoms with Crippen LogP contribution in [0.5, 0.6) is 0 Å². The number of benzene rings is 1. The topological polar surface area (TPSA) is 15.3 Å². The molecule has 0 saturated carbocycles. The van der Waals surface area contributed by atoms with Gasteiger partial charge in [0.05, 0.1) is 0 Å². The molecule has 0 aromatic heterocycles. The standard InChI is InChI=1S/C17H26F2N2/c1-17(2,3)20-12-13-10-14(18)16(15(19)11-13)21-8-6-4-5-7-9-21/h10-11,20H,4-9,12H2,1-3H3. The normalized spacial score (nSPS) is 16.9. The molecular weight excluding hydrogens is 270 g/mol. The number of nitrogens with one attached hydrogen (secondary N) is 1. The average Bonchev–Trinajstić information content (AvgIpc) is 2.64. The molecule has 21 heavy (non-hydrogen) atoms. The molecule has 0 bridgehead atoms. The zero-order valence-corrected chi connectivity index (χ0v) is 13.3. The van der Waals surface area contributed by atoms with Crippen LogP contribution in [0.25, 0.3) is 0 Å². The van der Waals surface area contributed by atoms with E-state index in [1.807, 2.05) is 25.7 Å². The van der Waals surface area contributed by atoms with Gasteiger partial charge >= 0.3 is 0 Å². The van der Waals surface area contributed by atoms with Crippen LogP contribution in [0.4, 0.5) is 14.5 Å². The molecule has 1 aliphatic heterocycles. The minimum atomic E-state index is -0.442. The fraction of sp³-hybridized carbons (Fsp3) is 0.647. The molecular formula is C17H26F2N2. The molecule has 1 N–H and O–H groups in total. The van der Waals surface area contributed by atoms with Crippen LogP contribution < -0.4 is 10.2 Å². The molecule has 2 rings (SSSR count). The molecule has 0 spiro atoms. The summed E-state index contributed by atoms with van der Waals surface area (Å²) in [7, 11) is 0. The number of rotatable bonds is 3. The number of hydrogen-bond acceptors (Lipinski definition) is 2. The highest BCUT2D eigenvalue weighted by atomic mass is 19.1.